The normalized spacial score (nSPS) is 12.9. The highest BCUT2D eigenvalue weighted by Crippen LogP contribution is 2.42. The molecule has 4 rings (SSSR count). The Bertz CT molecular complexity index is 1030. The van der Waals surface area contributed by atoms with Crippen LogP contribution < -0.4 is 5.32 Å². The molecule has 1 aliphatic carbocycles. The fourth-order valence-corrected chi connectivity index (χ4v) is 2.89. The number of rotatable bonds is 4. The number of fused-ring (bicyclic) bond motifs is 2. The molecule has 1 heterocycles. The molecule has 3 aromatic rings. The van der Waals surface area contributed by atoms with Crippen LogP contribution in [0, 0.1) is 0 Å². The molecule has 0 aliphatic heterocycles. The molecule has 0 bridgehead atoms. The van der Waals surface area contributed by atoms with E-state index in [9.17, 15) is 9.59 Å². The summed E-state index contributed by atoms with van der Waals surface area (Å²) in [4.78, 5) is 23.2. The summed E-state index contributed by atoms with van der Waals surface area (Å²) in [6, 6.07) is 11.0. The summed E-state index contributed by atoms with van der Waals surface area (Å²) in [5.41, 5.74) is 3.23. The number of hydrogen-bond acceptors (Lipinski definition) is 5. The molecule has 0 saturated carbocycles. The predicted octanol–water partition coefficient (Wildman–Crippen LogP) is 3.72. The van der Waals surface area contributed by atoms with Gasteiger partial charge in [-0.25, -0.2) is 0 Å². The molecule has 0 radical (unpaired) electrons. The lowest BCUT2D eigenvalue weighted by atomic mass is 9.87. The van der Waals surface area contributed by atoms with Crippen molar-refractivity contribution in [3.05, 3.63) is 72.0 Å². The van der Waals surface area contributed by atoms with Crippen LogP contribution in [0.2, 0.25) is 0 Å². The van der Waals surface area contributed by atoms with Crippen molar-refractivity contribution in [2.75, 3.05) is 5.32 Å². The smallest absolute Gasteiger partial charge is 0.196 e. The number of nitrogens with one attached hydrogen (secondary N) is 1. The molecule has 0 saturated heterocycles. The zero-order valence-electron chi connectivity index (χ0n) is 12.5. The van der Waals surface area contributed by atoms with Crippen molar-refractivity contribution in [2.45, 2.75) is 0 Å². The highest BCUT2D eigenvalue weighted by atomic mass is 16.5. The average molecular weight is 316 g/mol. The van der Waals surface area contributed by atoms with E-state index in [0.29, 0.717) is 34.4 Å². The van der Waals surface area contributed by atoms with Crippen LogP contribution in [0.15, 0.2) is 65.3 Å². The number of carbonyl (C=O) groups is 2. The van der Waals surface area contributed by atoms with Gasteiger partial charge < -0.3 is 9.84 Å². The molecule has 5 nitrogen and oxygen atoms in total. The Hall–Kier alpha value is -3.47. The van der Waals surface area contributed by atoms with Crippen LogP contribution in [-0.2, 0) is 4.79 Å². The third kappa shape index (κ3) is 2.06. The standard InChI is InChI=1S/C19H12N2O3/c22-11-5-1-4-10-20-14-8-9-15-17-16(14)18(23)12-6-2-3-7-13(12)19(17)24-21-15/h1-11,20H/b5-1+,10-4+. The molecule has 0 fully saturated rings. The highest BCUT2D eigenvalue weighted by molar-refractivity contribution is 6.27. The van der Waals surface area contributed by atoms with Gasteiger partial charge in [-0.1, -0.05) is 35.5 Å². The molecule has 2 aromatic carbocycles. The van der Waals surface area contributed by atoms with Crippen LogP contribution in [-0.4, -0.2) is 17.2 Å². The molecule has 5 heteroatoms. The van der Waals surface area contributed by atoms with Crippen molar-refractivity contribution in [2.24, 2.45) is 0 Å². The van der Waals surface area contributed by atoms with Gasteiger partial charge in [-0.05, 0) is 24.3 Å². The van der Waals surface area contributed by atoms with Crippen LogP contribution in [0.5, 0.6) is 0 Å². The second-order valence-electron chi connectivity index (χ2n) is 5.29. The molecule has 116 valence electrons. The topological polar surface area (TPSA) is 72.2 Å². The first-order chi connectivity index (χ1) is 11.8. The number of allylic oxidation sites excluding steroid dienone is 3. The summed E-state index contributed by atoms with van der Waals surface area (Å²) in [6.07, 6.45) is 7.03. The number of aromatic nitrogens is 1. The first-order valence-electron chi connectivity index (χ1n) is 7.41. The first kappa shape index (κ1) is 14.1. The Kier molecular flexibility index (Phi) is 3.31. The molecule has 24 heavy (non-hydrogen) atoms. The number of ketones is 1. The number of carbonyl (C=O) groups excluding carboxylic acids is 2. The quantitative estimate of drug-likeness (QED) is 0.353. The Balaban J connectivity index is 1.87. The molecule has 0 atom stereocenters. The molecule has 0 amide bonds. The number of hydrogen-bond donors (Lipinski definition) is 1. The van der Waals surface area contributed by atoms with E-state index in [0.717, 1.165) is 10.9 Å². The second-order valence-corrected chi connectivity index (χ2v) is 5.29. The maximum atomic E-state index is 13.0. The van der Waals surface area contributed by atoms with Gasteiger partial charge in [-0.15, -0.1) is 0 Å². The number of anilines is 1. The van der Waals surface area contributed by atoms with E-state index in [2.05, 4.69) is 10.5 Å². The Morgan fingerprint density at radius 2 is 1.83 bits per heavy atom. The monoisotopic (exact) mass is 316 g/mol. The molecule has 1 aromatic heterocycles. The van der Waals surface area contributed by atoms with Gasteiger partial charge in [-0.3, -0.25) is 9.59 Å². The van der Waals surface area contributed by atoms with Gasteiger partial charge in [0.05, 0.1) is 16.6 Å². The van der Waals surface area contributed by atoms with Crippen molar-refractivity contribution in [1.29, 1.82) is 0 Å². The number of nitrogens with zero attached hydrogens (tertiary/aromatic N) is 1. The molecular formula is C19H12N2O3. The fraction of sp³-hybridized carbons (Fsp3) is 0. The lowest BCUT2D eigenvalue weighted by Gasteiger charge is -2.16. The largest absolute Gasteiger partial charge is 0.361 e. The zero-order valence-corrected chi connectivity index (χ0v) is 12.5. The van der Waals surface area contributed by atoms with Gasteiger partial charge in [0.15, 0.2) is 11.5 Å². The third-order valence-electron chi connectivity index (χ3n) is 3.92. The Labute approximate surface area is 137 Å². The van der Waals surface area contributed by atoms with Crippen molar-refractivity contribution in [3.8, 4) is 11.3 Å². The average Bonchev–Trinajstić information content (AvgIpc) is 3.04. The lowest BCUT2D eigenvalue weighted by Crippen LogP contribution is -2.11. The van der Waals surface area contributed by atoms with Crippen LogP contribution in [0.25, 0.3) is 22.2 Å². The molecule has 0 spiro atoms. The Morgan fingerprint density at radius 1 is 1.00 bits per heavy atom. The third-order valence-corrected chi connectivity index (χ3v) is 3.92. The summed E-state index contributed by atoms with van der Waals surface area (Å²) < 4.78 is 5.49. The van der Waals surface area contributed by atoms with E-state index in [-0.39, 0.29) is 5.78 Å². The summed E-state index contributed by atoms with van der Waals surface area (Å²) in [5, 5.41) is 7.87. The molecular weight excluding hydrogens is 304 g/mol. The van der Waals surface area contributed by atoms with Crippen LogP contribution in [0.3, 0.4) is 0 Å². The van der Waals surface area contributed by atoms with E-state index in [4.69, 9.17) is 4.52 Å². The van der Waals surface area contributed by atoms with Crippen LogP contribution in [0.4, 0.5) is 5.69 Å². The van der Waals surface area contributed by atoms with E-state index in [1.807, 2.05) is 24.3 Å². The minimum Gasteiger partial charge on any atom is -0.361 e. The van der Waals surface area contributed by atoms with Gasteiger partial charge in [-0.2, -0.15) is 0 Å². The van der Waals surface area contributed by atoms with Crippen molar-refractivity contribution in [3.63, 3.8) is 0 Å². The number of benzene rings is 2. The van der Waals surface area contributed by atoms with Crippen LogP contribution >= 0.6 is 0 Å². The van der Waals surface area contributed by atoms with Crippen molar-refractivity contribution >= 4 is 28.7 Å². The summed E-state index contributed by atoms with van der Waals surface area (Å²) in [6.45, 7) is 0. The van der Waals surface area contributed by atoms with Gasteiger partial charge in [0.1, 0.15) is 11.8 Å². The number of aldehydes is 1. The molecule has 0 unspecified atom stereocenters. The van der Waals surface area contributed by atoms with Crippen molar-refractivity contribution in [1.82, 2.24) is 5.16 Å². The zero-order chi connectivity index (χ0) is 16.5. The SMILES string of the molecule is O=C/C=C/C=C/Nc1ccc2noc3c2c1C(=O)c1ccccc1-3. The predicted molar refractivity (Wildman–Crippen MR) is 90.8 cm³/mol. The van der Waals surface area contributed by atoms with E-state index in [1.165, 1.54) is 6.08 Å². The van der Waals surface area contributed by atoms with Gasteiger partial charge >= 0.3 is 0 Å². The van der Waals surface area contributed by atoms with Crippen molar-refractivity contribution < 1.29 is 14.1 Å². The highest BCUT2D eigenvalue weighted by Gasteiger charge is 2.30. The van der Waals surface area contributed by atoms with E-state index < -0.39 is 0 Å². The Morgan fingerprint density at radius 3 is 2.67 bits per heavy atom. The fourth-order valence-electron chi connectivity index (χ4n) is 2.89. The summed E-state index contributed by atoms with van der Waals surface area (Å²) in [5.74, 6) is 0.551. The maximum absolute atomic E-state index is 13.0. The van der Waals surface area contributed by atoms with E-state index >= 15 is 0 Å². The second kappa shape index (κ2) is 5.62. The summed E-state index contributed by atoms with van der Waals surface area (Å²) in [7, 11) is 0. The minimum atomic E-state index is -0.0637. The van der Waals surface area contributed by atoms with Gasteiger partial charge in [0.25, 0.3) is 0 Å². The molecule has 1 N–H and O–H groups in total. The van der Waals surface area contributed by atoms with Gasteiger partial charge in [0, 0.05) is 17.3 Å². The molecule has 1 aliphatic rings. The lowest BCUT2D eigenvalue weighted by molar-refractivity contribution is -0.104. The van der Waals surface area contributed by atoms with Gasteiger partial charge in [0.2, 0.25) is 0 Å². The van der Waals surface area contributed by atoms with Crippen LogP contribution in [0.1, 0.15) is 15.9 Å². The minimum absolute atomic E-state index is 0.0637. The van der Waals surface area contributed by atoms with E-state index in [1.54, 1.807) is 30.5 Å². The summed E-state index contributed by atoms with van der Waals surface area (Å²) >= 11 is 0. The first-order valence-corrected chi connectivity index (χ1v) is 7.41. The maximum Gasteiger partial charge on any atom is 0.196 e.